The molecule has 0 bridgehead atoms. The van der Waals surface area contributed by atoms with Crippen LogP contribution in [0.5, 0.6) is 0 Å². The number of carbonyl (C=O) groups excluding carboxylic acids is 1. The fourth-order valence-electron chi connectivity index (χ4n) is 2.37. The maximum atomic E-state index is 12.0. The van der Waals surface area contributed by atoms with E-state index >= 15 is 0 Å². The second kappa shape index (κ2) is 6.91. The van der Waals surface area contributed by atoms with Gasteiger partial charge in [0, 0.05) is 19.1 Å². The normalized spacial score (nSPS) is 16.1. The van der Waals surface area contributed by atoms with Gasteiger partial charge in [0.05, 0.1) is 19.0 Å². The van der Waals surface area contributed by atoms with Gasteiger partial charge in [-0.2, -0.15) is 5.26 Å². The highest BCUT2D eigenvalue weighted by atomic mass is 16.2. The van der Waals surface area contributed by atoms with Crippen LogP contribution in [0.1, 0.15) is 30.9 Å². The predicted molar refractivity (Wildman–Crippen MR) is 73.2 cm³/mol. The number of hydrogen-bond acceptors (Lipinski definition) is 3. The molecule has 0 spiro atoms. The minimum atomic E-state index is -0.0715. The highest BCUT2D eigenvalue weighted by Crippen LogP contribution is 2.16. The predicted octanol–water partition coefficient (Wildman–Crippen LogP) is 1.85. The van der Waals surface area contributed by atoms with Gasteiger partial charge in [-0.25, -0.2) is 0 Å². The van der Waals surface area contributed by atoms with Crippen LogP contribution in [0.25, 0.3) is 0 Å². The van der Waals surface area contributed by atoms with E-state index in [1.54, 1.807) is 0 Å². The summed E-state index contributed by atoms with van der Waals surface area (Å²) in [5, 5.41) is 12.1. The van der Waals surface area contributed by atoms with Gasteiger partial charge >= 0.3 is 0 Å². The first-order valence-electron chi connectivity index (χ1n) is 6.74. The van der Waals surface area contributed by atoms with Gasteiger partial charge in [-0.05, 0) is 18.4 Å². The van der Waals surface area contributed by atoms with Crippen LogP contribution in [0.2, 0.25) is 0 Å². The highest BCUT2D eigenvalue weighted by Gasteiger charge is 2.19. The summed E-state index contributed by atoms with van der Waals surface area (Å²) < 4.78 is 0. The Bertz CT molecular complexity index is 446. The fourth-order valence-corrected chi connectivity index (χ4v) is 2.37. The number of benzene rings is 1. The number of nitrogens with zero attached hydrogens (tertiary/aromatic N) is 2. The standard InChI is InChI=1S/C15H19N3O/c16-9-8-14(13-6-2-1-3-7-13)17-12-15(19)18-10-4-5-11-18/h1-3,6-7,14,17H,4-5,8,10-12H2. The van der Waals surface area contributed by atoms with Crippen LogP contribution < -0.4 is 5.32 Å². The first kappa shape index (κ1) is 13.6. The molecule has 1 amide bonds. The van der Waals surface area contributed by atoms with Crippen molar-refractivity contribution in [3.05, 3.63) is 35.9 Å². The quantitative estimate of drug-likeness (QED) is 0.876. The van der Waals surface area contributed by atoms with E-state index in [9.17, 15) is 4.79 Å². The van der Waals surface area contributed by atoms with E-state index in [1.807, 2.05) is 35.2 Å². The Morgan fingerprint density at radius 3 is 2.63 bits per heavy atom. The minimum absolute atomic E-state index is 0.0715. The van der Waals surface area contributed by atoms with E-state index in [1.165, 1.54) is 0 Å². The molecule has 1 N–H and O–H groups in total. The molecule has 0 aliphatic carbocycles. The summed E-state index contributed by atoms with van der Waals surface area (Å²) in [6, 6.07) is 11.9. The molecule has 4 nitrogen and oxygen atoms in total. The molecule has 1 aliphatic rings. The second-order valence-corrected chi connectivity index (χ2v) is 4.79. The van der Waals surface area contributed by atoms with Crippen LogP contribution in [0.15, 0.2) is 30.3 Å². The summed E-state index contributed by atoms with van der Waals surface area (Å²) in [6.07, 6.45) is 2.58. The van der Waals surface area contributed by atoms with Crippen LogP contribution in [0, 0.1) is 11.3 Å². The highest BCUT2D eigenvalue weighted by molar-refractivity contribution is 5.78. The Balaban J connectivity index is 1.90. The Hall–Kier alpha value is -1.86. The molecule has 0 aromatic heterocycles. The Morgan fingerprint density at radius 2 is 2.00 bits per heavy atom. The van der Waals surface area contributed by atoms with Crippen molar-refractivity contribution in [2.75, 3.05) is 19.6 Å². The van der Waals surface area contributed by atoms with E-state index in [0.717, 1.165) is 31.5 Å². The van der Waals surface area contributed by atoms with Gasteiger partial charge in [-0.15, -0.1) is 0 Å². The Kier molecular flexibility index (Phi) is 4.93. The van der Waals surface area contributed by atoms with Crippen molar-refractivity contribution in [1.82, 2.24) is 10.2 Å². The van der Waals surface area contributed by atoms with Crippen LogP contribution in [0.3, 0.4) is 0 Å². The van der Waals surface area contributed by atoms with Gasteiger partial charge in [-0.1, -0.05) is 30.3 Å². The monoisotopic (exact) mass is 257 g/mol. The van der Waals surface area contributed by atoms with Crippen LogP contribution >= 0.6 is 0 Å². The number of carbonyl (C=O) groups is 1. The Labute approximate surface area is 114 Å². The molecule has 1 saturated heterocycles. The smallest absolute Gasteiger partial charge is 0.236 e. The number of hydrogen-bond donors (Lipinski definition) is 1. The molecular formula is C15H19N3O. The third-order valence-corrected chi connectivity index (χ3v) is 3.46. The third kappa shape index (κ3) is 3.80. The number of amides is 1. The number of likely N-dealkylation sites (tertiary alicyclic amines) is 1. The molecule has 0 radical (unpaired) electrons. The van der Waals surface area contributed by atoms with Crippen molar-refractivity contribution in [3.63, 3.8) is 0 Å². The second-order valence-electron chi connectivity index (χ2n) is 4.79. The van der Waals surface area contributed by atoms with E-state index < -0.39 is 0 Å². The van der Waals surface area contributed by atoms with Gasteiger partial charge in [0.2, 0.25) is 5.91 Å². The fraction of sp³-hybridized carbons (Fsp3) is 0.467. The molecule has 1 unspecified atom stereocenters. The van der Waals surface area contributed by atoms with Crippen molar-refractivity contribution in [1.29, 1.82) is 5.26 Å². The zero-order chi connectivity index (χ0) is 13.5. The molecule has 100 valence electrons. The summed E-state index contributed by atoms with van der Waals surface area (Å²) in [7, 11) is 0. The van der Waals surface area contributed by atoms with E-state index in [4.69, 9.17) is 5.26 Å². The van der Waals surface area contributed by atoms with Gasteiger partial charge in [0.25, 0.3) is 0 Å². The molecule has 1 fully saturated rings. The lowest BCUT2D eigenvalue weighted by molar-refractivity contribution is -0.129. The van der Waals surface area contributed by atoms with Crippen molar-refractivity contribution in [2.24, 2.45) is 0 Å². The molecule has 4 heteroatoms. The van der Waals surface area contributed by atoms with Gasteiger partial charge < -0.3 is 10.2 Å². The third-order valence-electron chi connectivity index (χ3n) is 3.46. The van der Waals surface area contributed by atoms with Crippen molar-refractivity contribution in [3.8, 4) is 6.07 Å². The molecule has 0 saturated carbocycles. The molecule has 19 heavy (non-hydrogen) atoms. The van der Waals surface area contributed by atoms with Gasteiger partial charge in [0.15, 0.2) is 0 Å². The number of rotatable bonds is 5. The average Bonchev–Trinajstić information content (AvgIpc) is 2.98. The molecule has 2 rings (SSSR count). The molecule has 1 atom stereocenters. The topological polar surface area (TPSA) is 56.1 Å². The van der Waals surface area contributed by atoms with E-state index in [-0.39, 0.29) is 11.9 Å². The molecule has 1 aliphatic heterocycles. The van der Waals surface area contributed by atoms with Crippen molar-refractivity contribution < 1.29 is 4.79 Å². The van der Waals surface area contributed by atoms with Gasteiger partial charge in [-0.3, -0.25) is 4.79 Å². The average molecular weight is 257 g/mol. The number of nitrogens with one attached hydrogen (secondary N) is 1. The lowest BCUT2D eigenvalue weighted by Gasteiger charge is -2.19. The first-order valence-corrected chi connectivity index (χ1v) is 6.74. The summed E-state index contributed by atoms with van der Waals surface area (Å²) >= 11 is 0. The van der Waals surface area contributed by atoms with Crippen LogP contribution in [-0.2, 0) is 4.79 Å². The lowest BCUT2D eigenvalue weighted by Crippen LogP contribution is -2.37. The molecular weight excluding hydrogens is 238 g/mol. The summed E-state index contributed by atoms with van der Waals surface area (Å²) in [4.78, 5) is 13.9. The van der Waals surface area contributed by atoms with Crippen molar-refractivity contribution in [2.45, 2.75) is 25.3 Å². The zero-order valence-electron chi connectivity index (χ0n) is 11.0. The lowest BCUT2D eigenvalue weighted by atomic mass is 10.0. The summed E-state index contributed by atoms with van der Waals surface area (Å²) in [6.45, 7) is 2.05. The largest absolute Gasteiger partial charge is 0.342 e. The Morgan fingerprint density at radius 1 is 1.32 bits per heavy atom. The van der Waals surface area contributed by atoms with Crippen molar-refractivity contribution >= 4 is 5.91 Å². The van der Waals surface area contributed by atoms with Gasteiger partial charge in [0.1, 0.15) is 0 Å². The van der Waals surface area contributed by atoms with Crippen LogP contribution in [-0.4, -0.2) is 30.4 Å². The maximum Gasteiger partial charge on any atom is 0.236 e. The van der Waals surface area contributed by atoms with E-state index in [0.29, 0.717) is 13.0 Å². The molecule has 1 heterocycles. The minimum Gasteiger partial charge on any atom is -0.342 e. The van der Waals surface area contributed by atoms with Crippen LogP contribution in [0.4, 0.5) is 0 Å². The SMILES string of the molecule is N#CCC(NCC(=O)N1CCCC1)c1ccccc1. The number of nitriles is 1. The first-order chi connectivity index (χ1) is 9.31. The maximum absolute atomic E-state index is 12.0. The summed E-state index contributed by atoms with van der Waals surface area (Å²) in [5.74, 6) is 0.136. The zero-order valence-corrected chi connectivity index (χ0v) is 11.0. The summed E-state index contributed by atoms with van der Waals surface area (Å²) in [5.41, 5.74) is 1.05. The van der Waals surface area contributed by atoms with E-state index in [2.05, 4.69) is 11.4 Å². The molecule has 1 aromatic carbocycles. The molecule has 1 aromatic rings.